The number of thiophene rings is 1. The minimum atomic E-state index is -0.173. The van der Waals surface area contributed by atoms with Crippen LogP contribution in [0.2, 0.25) is 0 Å². The number of aromatic nitrogens is 2. The standard InChI is InChI=1S/C15H18N4OS/c1-8-17-13(19-10-5-3-7-16-14(10)20)12-9-4-2-6-11(9)21-15(12)18-8/h10H,2-7H2,1H3,(H,16,20)(H,17,18,19)/t10-/m0/s1. The number of amides is 1. The normalized spacial score (nSPS) is 21.4. The van der Waals surface area contributed by atoms with E-state index in [2.05, 4.69) is 20.6 Å². The Morgan fingerprint density at radius 1 is 1.29 bits per heavy atom. The van der Waals surface area contributed by atoms with E-state index in [1.165, 1.54) is 16.9 Å². The first-order valence-electron chi connectivity index (χ1n) is 7.55. The van der Waals surface area contributed by atoms with Gasteiger partial charge in [-0.05, 0) is 44.6 Å². The highest BCUT2D eigenvalue weighted by Gasteiger charge is 2.26. The molecule has 2 N–H and O–H groups in total. The number of nitrogens with zero attached hydrogens (tertiary/aromatic N) is 2. The number of piperidine rings is 1. The number of aryl methyl sites for hydroxylation is 3. The molecule has 2 aromatic rings. The van der Waals surface area contributed by atoms with E-state index >= 15 is 0 Å². The van der Waals surface area contributed by atoms with Crippen molar-refractivity contribution in [3.8, 4) is 0 Å². The Hall–Kier alpha value is -1.69. The average molecular weight is 302 g/mol. The SMILES string of the molecule is Cc1nc(N[C@H]2CCCNC2=O)c2c3c(sc2n1)CCC3. The summed E-state index contributed by atoms with van der Waals surface area (Å²) in [6.45, 7) is 2.69. The molecule has 0 unspecified atom stereocenters. The number of fused-ring (bicyclic) bond motifs is 3. The summed E-state index contributed by atoms with van der Waals surface area (Å²) in [7, 11) is 0. The maximum absolute atomic E-state index is 12.0. The molecule has 0 spiro atoms. The molecule has 0 radical (unpaired) electrons. The number of anilines is 1. The minimum Gasteiger partial charge on any atom is -0.358 e. The van der Waals surface area contributed by atoms with E-state index in [4.69, 9.17) is 0 Å². The second kappa shape index (κ2) is 4.94. The van der Waals surface area contributed by atoms with Gasteiger partial charge in [0.2, 0.25) is 5.91 Å². The fourth-order valence-corrected chi connectivity index (χ4v) is 4.59. The molecule has 0 bridgehead atoms. The molecule has 1 fully saturated rings. The van der Waals surface area contributed by atoms with Crippen LogP contribution in [0.25, 0.3) is 10.2 Å². The van der Waals surface area contributed by atoms with Gasteiger partial charge in [-0.1, -0.05) is 0 Å². The number of nitrogens with one attached hydrogen (secondary N) is 2. The van der Waals surface area contributed by atoms with E-state index in [1.807, 2.05) is 6.92 Å². The van der Waals surface area contributed by atoms with Crippen LogP contribution in [0.1, 0.15) is 35.5 Å². The van der Waals surface area contributed by atoms with Crippen LogP contribution < -0.4 is 10.6 Å². The molecule has 1 atom stereocenters. The average Bonchev–Trinajstić information content (AvgIpc) is 3.01. The topological polar surface area (TPSA) is 66.9 Å². The van der Waals surface area contributed by atoms with Crippen molar-refractivity contribution in [2.75, 3.05) is 11.9 Å². The Labute approximate surface area is 127 Å². The van der Waals surface area contributed by atoms with Crippen LogP contribution in [0.3, 0.4) is 0 Å². The van der Waals surface area contributed by atoms with Gasteiger partial charge in [-0.2, -0.15) is 0 Å². The lowest BCUT2D eigenvalue weighted by Crippen LogP contribution is -2.44. The summed E-state index contributed by atoms with van der Waals surface area (Å²) in [5.41, 5.74) is 1.40. The maximum atomic E-state index is 12.0. The third-order valence-electron chi connectivity index (χ3n) is 4.27. The molecule has 0 saturated carbocycles. The number of rotatable bonds is 2. The van der Waals surface area contributed by atoms with Crippen molar-refractivity contribution >= 4 is 33.3 Å². The third-order valence-corrected chi connectivity index (χ3v) is 5.46. The van der Waals surface area contributed by atoms with Crippen LogP contribution >= 0.6 is 11.3 Å². The summed E-state index contributed by atoms with van der Waals surface area (Å²) in [5.74, 6) is 1.69. The predicted molar refractivity (Wildman–Crippen MR) is 83.8 cm³/mol. The molecule has 2 aliphatic rings. The Bertz CT molecular complexity index is 724. The van der Waals surface area contributed by atoms with Crippen molar-refractivity contribution in [2.45, 2.75) is 45.1 Å². The summed E-state index contributed by atoms with van der Waals surface area (Å²) in [4.78, 5) is 23.6. The molecule has 2 aromatic heterocycles. The number of carbonyl (C=O) groups excluding carboxylic acids is 1. The van der Waals surface area contributed by atoms with Crippen molar-refractivity contribution < 1.29 is 4.79 Å². The summed E-state index contributed by atoms with van der Waals surface area (Å²) < 4.78 is 0. The first kappa shape index (κ1) is 13.0. The third kappa shape index (κ3) is 2.18. The van der Waals surface area contributed by atoms with E-state index < -0.39 is 0 Å². The van der Waals surface area contributed by atoms with Gasteiger partial charge in [0.05, 0.1) is 5.39 Å². The van der Waals surface area contributed by atoms with Crippen LogP contribution in [0.5, 0.6) is 0 Å². The van der Waals surface area contributed by atoms with E-state index in [-0.39, 0.29) is 11.9 Å². The highest BCUT2D eigenvalue weighted by atomic mass is 32.1. The van der Waals surface area contributed by atoms with Gasteiger partial charge in [0.1, 0.15) is 22.5 Å². The Morgan fingerprint density at radius 2 is 2.19 bits per heavy atom. The van der Waals surface area contributed by atoms with Gasteiger partial charge in [0, 0.05) is 11.4 Å². The zero-order valence-corrected chi connectivity index (χ0v) is 12.8. The van der Waals surface area contributed by atoms with E-state index in [1.54, 1.807) is 11.3 Å². The van der Waals surface area contributed by atoms with Gasteiger partial charge in [-0.3, -0.25) is 4.79 Å². The molecule has 0 aromatic carbocycles. The van der Waals surface area contributed by atoms with Gasteiger partial charge in [-0.25, -0.2) is 9.97 Å². The molecule has 5 nitrogen and oxygen atoms in total. The molecule has 21 heavy (non-hydrogen) atoms. The van der Waals surface area contributed by atoms with E-state index in [0.717, 1.165) is 54.1 Å². The molecule has 1 saturated heterocycles. The first-order chi connectivity index (χ1) is 10.2. The second-order valence-electron chi connectivity index (χ2n) is 5.79. The van der Waals surface area contributed by atoms with Crippen molar-refractivity contribution in [1.82, 2.24) is 15.3 Å². The highest BCUT2D eigenvalue weighted by molar-refractivity contribution is 7.19. The smallest absolute Gasteiger partial charge is 0.242 e. The Morgan fingerprint density at radius 3 is 3.05 bits per heavy atom. The zero-order valence-electron chi connectivity index (χ0n) is 12.0. The fourth-order valence-electron chi connectivity index (χ4n) is 3.28. The molecule has 3 heterocycles. The van der Waals surface area contributed by atoms with Crippen molar-refractivity contribution in [1.29, 1.82) is 0 Å². The van der Waals surface area contributed by atoms with Crippen LogP contribution in [-0.4, -0.2) is 28.5 Å². The molecule has 110 valence electrons. The molecular formula is C15H18N4OS. The van der Waals surface area contributed by atoms with E-state index in [0.29, 0.717) is 0 Å². The summed E-state index contributed by atoms with van der Waals surface area (Å²) in [6, 6.07) is -0.173. The lowest BCUT2D eigenvalue weighted by Gasteiger charge is -2.23. The van der Waals surface area contributed by atoms with Gasteiger partial charge in [0.25, 0.3) is 0 Å². The van der Waals surface area contributed by atoms with Gasteiger partial charge >= 0.3 is 0 Å². The maximum Gasteiger partial charge on any atom is 0.242 e. The van der Waals surface area contributed by atoms with Gasteiger partial charge in [-0.15, -0.1) is 11.3 Å². The number of hydrogen-bond acceptors (Lipinski definition) is 5. The highest BCUT2D eigenvalue weighted by Crippen LogP contribution is 2.39. The van der Waals surface area contributed by atoms with Crippen LogP contribution in [-0.2, 0) is 17.6 Å². The lowest BCUT2D eigenvalue weighted by molar-refractivity contribution is -0.123. The summed E-state index contributed by atoms with van der Waals surface area (Å²) in [5, 5.41) is 7.44. The number of hydrogen-bond donors (Lipinski definition) is 2. The molecule has 1 aliphatic heterocycles. The van der Waals surface area contributed by atoms with Gasteiger partial charge in [0.15, 0.2) is 0 Å². The predicted octanol–water partition coefficient (Wildman–Crippen LogP) is 2.18. The first-order valence-corrected chi connectivity index (χ1v) is 8.37. The minimum absolute atomic E-state index is 0.0811. The fraction of sp³-hybridized carbons (Fsp3) is 0.533. The Kier molecular flexibility index (Phi) is 3.06. The number of carbonyl (C=O) groups is 1. The molecule has 4 rings (SSSR count). The van der Waals surface area contributed by atoms with E-state index in [9.17, 15) is 4.79 Å². The quantitative estimate of drug-likeness (QED) is 0.892. The summed E-state index contributed by atoms with van der Waals surface area (Å²) >= 11 is 1.79. The van der Waals surface area contributed by atoms with Crippen molar-refractivity contribution in [3.63, 3.8) is 0 Å². The summed E-state index contributed by atoms with van der Waals surface area (Å²) in [6.07, 6.45) is 5.35. The molecule has 1 aliphatic carbocycles. The van der Waals surface area contributed by atoms with Crippen molar-refractivity contribution in [3.05, 3.63) is 16.3 Å². The molecule has 6 heteroatoms. The van der Waals surface area contributed by atoms with Crippen LogP contribution in [0.15, 0.2) is 0 Å². The monoisotopic (exact) mass is 302 g/mol. The van der Waals surface area contributed by atoms with Crippen LogP contribution in [0, 0.1) is 6.92 Å². The lowest BCUT2D eigenvalue weighted by atomic mass is 10.1. The van der Waals surface area contributed by atoms with Gasteiger partial charge < -0.3 is 10.6 Å². The van der Waals surface area contributed by atoms with Crippen molar-refractivity contribution in [2.24, 2.45) is 0 Å². The molecule has 1 amide bonds. The Balaban J connectivity index is 1.78. The zero-order chi connectivity index (χ0) is 14.4. The largest absolute Gasteiger partial charge is 0.358 e. The second-order valence-corrected chi connectivity index (χ2v) is 6.87. The van der Waals surface area contributed by atoms with Crippen LogP contribution in [0.4, 0.5) is 5.82 Å². The molecular weight excluding hydrogens is 284 g/mol.